The first-order valence-electron chi connectivity index (χ1n) is 25.6. The number of nitrogens with zero attached hydrogens (tertiary/aromatic N) is 12. The Labute approximate surface area is 423 Å². The standard InChI is InChI=1S/C31H40N8O4.C22H25N7O/c1-18-16-32-29(33-21-10-9-14-38(17-21)30(40)42-31(4,5)6)35-26(18)27-22-12-13-23(25-19(2)37-43-20(25)3)34-28(22)39(36-27)24-11-7-8-15-41-24;1-12-11-23-22(24-15-7-5-4-6-8-15)26-19(12)20-16-9-10-17(25-21(16)28-27-20)18-13(2)29-30-14(18)3/h12-13,16,21,24H,7-11,14-15,17H2,1-6H3,(H,32,33,35);9-11,15H,4-8H2,1-3H3,(H,23,24,26)(H,25,27,28)/t21-,24?;/m0./s1. The number of fused-ring (bicyclic) bond motifs is 2. The van der Waals surface area contributed by atoms with Crippen LogP contribution in [-0.2, 0) is 9.47 Å². The van der Waals surface area contributed by atoms with Gasteiger partial charge in [0.15, 0.2) is 17.5 Å². The van der Waals surface area contributed by atoms with Crippen LogP contribution in [0.1, 0.15) is 125 Å². The van der Waals surface area contributed by atoms with Crippen LogP contribution in [0.5, 0.6) is 0 Å². The lowest BCUT2D eigenvalue weighted by atomic mass is 9.96. The third kappa shape index (κ3) is 10.6. The number of carbonyl (C=O) groups is 1. The van der Waals surface area contributed by atoms with Crippen molar-refractivity contribution in [1.29, 1.82) is 0 Å². The average Bonchev–Trinajstić information content (AvgIpc) is 4.16. The molecule has 11 rings (SSSR count). The fraction of sp³-hybridized carbons (Fsp3) is 0.491. The van der Waals surface area contributed by atoms with Gasteiger partial charge >= 0.3 is 6.09 Å². The smallest absolute Gasteiger partial charge is 0.410 e. The maximum absolute atomic E-state index is 12.7. The van der Waals surface area contributed by atoms with E-state index in [1.54, 1.807) is 4.90 Å². The van der Waals surface area contributed by atoms with E-state index in [0.717, 1.165) is 128 Å². The molecule has 0 radical (unpaired) electrons. The summed E-state index contributed by atoms with van der Waals surface area (Å²) in [7, 11) is 0. The number of hydrogen-bond donors (Lipinski definition) is 3. The minimum atomic E-state index is -0.538. The summed E-state index contributed by atoms with van der Waals surface area (Å²) in [6.07, 6.45) is 14.1. The zero-order chi connectivity index (χ0) is 51.0. The Bertz CT molecular complexity index is 3230. The summed E-state index contributed by atoms with van der Waals surface area (Å²) < 4.78 is 24.4. The lowest BCUT2D eigenvalue weighted by molar-refractivity contribution is -0.0368. The first kappa shape index (κ1) is 49.2. The third-order valence-electron chi connectivity index (χ3n) is 13.7. The van der Waals surface area contributed by atoms with Gasteiger partial charge in [-0.25, -0.2) is 39.4 Å². The van der Waals surface area contributed by atoms with Crippen molar-refractivity contribution in [2.45, 2.75) is 150 Å². The number of hydrogen-bond acceptors (Lipinski definition) is 17. The zero-order valence-corrected chi connectivity index (χ0v) is 43.3. The Balaban J connectivity index is 0.000000178. The molecule has 73 heavy (non-hydrogen) atoms. The normalized spacial score (nSPS) is 17.7. The van der Waals surface area contributed by atoms with E-state index in [1.807, 2.05) is 104 Å². The number of H-pyrrole nitrogens is 1. The van der Waals surface area contributed by atoms with Crippen LogP contribution in [0, 0.1) is 41.5 Å². The number of nitrogens with one attached hydrogen (secondary N) is 3. The van der Waals surface area contributed by atoms with Crippen molar-refractivity contribution in [2.24, 2.45) is 0 Å². The molecule has 0 spiro atoms. The van der Waals surface area contributed by atoms with Crippen molar-refractivity contribution < 1.29 is 23.3 Å². The van der Waals surface area contributed by atoms with E-state index in [0.29, 0.717) is 43.3 Å². The fourth-order valence-corrected chi connectivity index (χ4v) is 10.1. The molecule has 2 atom stereocenters. The summed E-state index contributed by atoms with van der Waals surface area (Å²) in [6, 6.07) is 8.48. The summed E-state index contributed by atoms with van der Waals surface area (Å²) in [6.45, 7) is 19.1. The highest BCUT2D eigenvalue weighted by atomic mass is 16.6. The van der Waals surface area contributed by atoms with Crippen LogP contribution in [0.2, 0.25) is 0 Å². The molecule has 382 valence electrons. The van der Waals surface area contributed by atoms with Crippen LogP contribution in [0.4, 0.5) is 16.7 Å². The number of aromatic nitrogens is 12. The molecule has 1 aliphatic carbocycles. The first-order valence-corrected chi connectivity index (χ1v) is 25.6. The maximum Gasteiger partial charge on any atom is 0.410 e. The zero-order valence-electron chi connectivity index (χ0n) is 43.3. The number of aryl methyl sites for hydroxylation is 6. The second-order valence-electron chi connectivity index (χ2n) is 20.6. The number of anilines is 2. The van der Waals surface area contributed by atoms with Crippen molar-refractivity contribution in [3.63, 3.8) is 0 Å². The van der Waals surface area contributed by atoms with Gasteiger partial charge in [0.1, 0.15) is 22.8 Å². The third-order valence-corrected chi connectivity index (χ3v) is 13.7. The lowest BCUT2D eigenvalue weighted by Gasteiger charge is -2.34. The number of aromatic amines is 1. The molecule has 2 saturated heterocycles. The van der Waals surface area contributed by atoms with E-state index < -0.39 is 5.60 Å². The molecule has 8 aromatic rings. The molecule has 1 unspecified atom stereocenters. The van der Waals surface area contributed by atoms with Gasteiger partial charge in [-0.15, -0.1) is 0 Å². The number of likely N-dealkylation sites (tertiary alicyclic amines) is 1. The van der Waals surface area contributed by atoms with E-state index in [-0.39, 0.29) is 18.4 Å². The first-order chi connectivity index (χ1) is 35.2. The van der Waals surface area contributed by atoms with Crippen molar-refractivity contribution >= 4 is 40.1 Å². The van der Waals surface area contributed by atoms with Crippen LogP contribution in [0.25, 0.3) is 67.4 Å². The Morgan fingerprint density at radius 2 is 1.32 bits per heavy atom. The SMILES string of the molecule is Cc1cnc(NC2CCCCC2)nc1-c1[nH]nc2nc(-c3c(C)noc3C)ccc12.Cc1cnc(N[C@H]2CCCN(C(=O)OC(C)(C)C)C2)nc1-c1nn(C2CCCCO2)c2nc(-c3c(C)noc3C)ccc12. The molecule has 1 amide bonds. The maximum atomic E-state index is 12.7. The van der Waals surface area contributed by atoms with Crippen molar-refractivity contribution in [3.8, 4) is 45.3 Å². The second-order valence-corrected chi connectivity index (χ2v) is 20.6. The highest BCUT2D eigenvalue weighted by molar-refractivity contribution is 5.93. The van der Waals surface area contributed by atoms with Gasteiger partial charge in [-0.2, -0.15) is 10.2 Å². The van der Waals surface area contributed by atoms with Gasteiger partial charge in [-0.1, -0.05) is 29.6 Å². The Morgan fingerprint density at radius 3 is 1.96 bits per heavy atom. The van der Waals surface area contributed by atoms with Gasteiger partial charge in [0.05, 0.1) is 51.0 Å². The molecule has 3 aliphatic rings. The van der Waals surface area contributed by atoms with Gasteiger partial charge in [-0.05, 0) is 143 Å². The molecule has 20 heteroatoms. The molecule has 10 heterocycles. The van der Waals surface area contributed by atoms with Gasteiger partial charge in [0.25, 0.3) is 0 Å². The van der Waals surface area contributed by atoms with Crippen LogP contribution in [0.3, 0.4) is 0 Å². The lowest BCUT2D eigenvalue weighted by Crippen LogP contribution is -2.47. The van der Waals surface area contributed by atoms with Crippen LogP contribution >= 0.6 is 0 Å². The Morgan fingerprint density at radius 1 is 0.699 bits per heavy atom. The van der Waals surface area contributed by atoms with Crippen molar-refractivity contribution in [2.75, 3.05) is 30.3 Å². The van der Waals surface area contributed by atoms with Crippen molar-refractivity contribution in [3.05, 3.63) is 70.7 Å². The van der Waals surface area contributed by atoms with Gasteiger partial charge in [0, 0.05) is 54.9 Å². The summed E-state index contributed by atoms with van der Waals surface area (Å²) in [5, 5.41) is 29.6. The van der Waals surface area contributed by atoms with E-state index in [2.05, 4.69) is 41.1 Å². The minimum Gasteiger partial charge on any atom is -0.444 e. The summed E-state index contributed by atoms with van der Waals surface area (Å²) in [4.78, 5) is 43.1. The topological polar surface area (TPSA) is 239 Å². The van der Waals surface area contributed by atoms with E-state index in [1.165, 1.54) is 32.1 Å². The molecule has 3 fully saturated rings. The molecule has 1 saturated carbocycles. The molecule has 2 aliphatic heterocycles. The Kier molecular flexibility index (Phi) is 13.9. The number of pyridine rings is 2. The number of piperidine rings is 1. The summed E-state index contributed by atoms with van der Waals surface area (Å²) in [5.41, 5.74) is 10.9. The molecular formula is C53H65N15O5. The molecule has 0 aromatic carbocycles. The van der Waals surface area contributed by atoms with Gasteiger partial charge in [-0.3, -0.25) is 5.10 Å². The number of carbonyl (C=O) groups excluding carboxylic acids is 1. The predicted octanol–water partition coefficient (Wildman–Crippen LogP) is 10.7. The predicted molar refractivity (Wildman–Crippen MR) is 277 cm³/mol. The average molecular weight is 992 g/mol. The number of amides is 1. The van der Waals surface area contributed by atoms with Gasteiger partial charge < -0.3 is 34.1 Å². The number of rotatable bonds is 9. The quantitative estimate of drug-likeness (QED) is 0.122. The van der Waals surface area contributed by atoms with Crippen molar-refractivity contribution in [1.82, 2.24) is 65.1 Å². The monoisotopic (exact) mass is 992 g/mol. The molecule has 8 aromatic heterocycles. The molecular weight excluding hydrogens is 927 g/mol. The molecule has 20 nitrogen and oxygen atoms in total. The fourth-order valence-electron chi connectivity index (χ4n) is 10.1. The van der Waals surface area contributed by atoms with Crippen LogP contribution < -0.4 is 10.6 Å². The molecule has 3 N–H and O–H groups in total. The number of ether oxygens (including phenoxy) is 2. The summed E-state index contributed by atoms with van der Waals surface area (Å²) in [5.74, 6) is 2.64. The Hall–Kier alpha value is -7.35. The van der Waals surface area contributed by atoms with E-state index in [9.17, 15) is 4.79 Å². The minimum absolute atomic E-state index is 0.000962. The van der Waals surface area contributed by atoms with Gasteiger partial charge in [0.2, 0.25) is 11.9 Å². The largest absolute Gasteiger partial charge is 0.444 e. The van der Waals surface area contributed by atoms with Crippen LogP contribution in [0.15, 0.2) is 45.7 Å². The second kappa shape index (κ2) is 20.6. The highest BCUT2D eigenvalue weighted by Crippen LogP contribution is 2.36. The summed E-state index contributed by atoms with van der Waals surface area (Å²) >= 11 is 0. The van der Waals surface area contributed by atoms with E-state index in [4.69, 9.17) is 43.6 Å². The molecule has 0 bridgehead atoms. The van der Waals surface area contributed by atoms with E-state index >= 15 is 0 Å². The highest BCUT2D eigenvalue weighted by Gasteiger charge is 2.30. The van der Waals surface area contributed by atoms with Crippen LogP contribution in [-0.4, -0.2) is 109 Å².